The lowest BCUT2D eigenvalue weighted by atomic mass is 9.93. The van der Waals surface area contributed by atoms with E-state index in [2.05, 4.69) is 20.0 Å². The Labute approximate surface area is 157 Å². The fraction of sp³-hybridized carbons (Fsp3) is 0.421. The van der Waals surface area contributed by atoms with Crippen LogP contribution < -0.4 is 4.90 Å². The standard InChI is InChI=1S/C19H22N4O4/c1-25-19(24)14-4-2-3-13(11-14)17-21-18(27-22-17)15-5-6-16(20-12-15)23-7-9-26-10-8-23/h2-6,12,14,19,24H,7-11H2,1H3. The number of rotatable bonds is 5. The van der Waals surface area contributed by atoms with E-state index in [1.807, 2.05) is 30.4 Å². The summed E-state index contributed by atoms with van der Waals surface area (Å²) < 4.78 is 15.8. The Morgan fingerprint density at radius 3 is 2.89 bits per heavy atom. The summed E-state index contributed by atoms with van der Waals surface area (Å²) in [6, 6.07) is 3.89. The molecule has 2 aromatic rings. The molecule has 0 radical (unpaired) electrons. The molecule has 8 nitrogen and oxygen atoms in total. The monoisotopic (exact) mass is 370 g/mol. The van der Waals surface area contributed by atoms with Crippen LogP contribution in [0, 0.1) is 5.92 Å². The van der Waals surface area contributed by atoms with E-state index in [0.29, 0.717) is 18.1 Å². The number of aliphatic hydroxyl groups is 1. The molecule has 142 valence electrons. The van der Waals surface area contributed by atoms with Crippen LogP contribution in [0.15, 0.2) is 41.1 Å². The number of aromatic nitrogens is 3. The normalized spacial score (nSPS) is 21.2. The third-order valence-corrected chi connectivity index (χ3v) is 4.76. The van der Waals surface area contributed by atoms with Crippen molar-refractivity contribution in [3.8, 4) is 11.5 Å². The summed E-state index contributed by atoms with van der Waals surface area (Å²) >= 11 is 0. The van der Waals surface area contributed by atoms with Gasteiger partial charge < -0.3 is 24.0 Å². The van der Waals surface area contributed by atoms with Gasteiger partial charge >= 0.3 is 0 Å². The zero-order valence-electron chi connectivity index (χ0n) is 15.1. The molecule has 1 aliphatic heterocycles. The summed E-state index contributed by atoms with van der Waals surface area (Å²) in [7, 11) is 1.48. The van der Waals surface area contributed by atoms with Crippen molar-refractivity contribution in [3.63, 3.8) is 0 Å². The molecular formula is C19H22N4O4. The lowest BCUT2D eigenvalue weighted by Crippen LogP contribution is -2.36. The van der Waals surface area contributed by atoms with E-state index in [4.69, 9.17) is 14.0 Å². The Bertz CT molecular complexity index is 824. The third-order valence-electron chi connectivity index (χ3n) is 4.76. The third kappa shape index (κ3) is 3.92. The molecule has 2 atom stereocenters. The highest BCUT2D eigenvalue weighted by molar-refractivity contribution is 5.65. The molecule has 0 aromatic carbocycles. The minimum Gasteiger partial charge on any atom is -0.378 e. The second-order valence-electron chi connectivity index (χ2n) is 6.50. The van der Waals surface area contributed by atoms with E-state index < -0.39 is 6.29 Å². The summed E-state index contributed by atoms with van der Waals surface area (Å²) in [5.74, 6) is 1.72. The topological polar surface area (TPSA) is 93.7 Å². The van der Waals surface area contributed by atoms with Crippen LogP contribution in [0.2, 0.25) is 0 Å². The Kier molecular flexibility index (Phi) is 5.28. The second kappa shape index (κ2) is 7.99. The average Bonchev–Trinajstić information content (AvgIpc) is 3.24. The van der Waals surface area contributed by atoms with Gasteiger partial charge in [-0.25, -0.2) is 4.98 Å². The van der Waals surface area contributed by atoms with Gasteiger partial charge in [0.25, 0.3) is 5.89 Å². The molecule has 1 N–H and O–H groups in total. The van der Waals surface area contributed by atoms with Gasteiger partial charge in [-0.15, -0.1) is 0 Å². The van der Waals surface area contributed by atoms with Crippen molar-refractivity contribution in [1.29, 1.82) is 0 Å². The van der Waals surface area contributed by atoms with Crippen LogP contribution in [0.3, 0.4) is 0 Å². The molecule has 0 amide bonds. The highest BCUT2D eigenvalue weighted by Crippen LogP contribution is 2.29. The Hall–Kier alpha value is -2.55. The number of ether oxygens (including phenoxy) is 2. The summed E-state index contributed by atoms with van der Waals surface area (Å²) in [4.78, 5) is 11.2. The summed E-state index contributed by atoms with van der Waals surface area (Å²) in [5, 5.41) is 14.0. The van der Waals surface area contributed by atoms with Crippen molar-refractivity contribution in [3.05, 3.63) is 42.4 Å². The van der Waals surface area contributed by atoms with Crippen LogP contribution in [0.25, 0.3) is 17.0 Å². The van der Waals surface area contributed by atoms with Gasteiger partial charge in [0.05, 0.1) is 18.8 Å². The molecule has 27 heavy (non-hydrogen) atoms. The van der Waals surface area contributed by atoms with Crippen molar-refractivity contribution in [2.24, 2.45) is 5.92 Å². The minimum absolute atomic E-state index is 0.133. The maximum Gasteiger partial charge on any atom is 0.259 e. The van der Waals surface area contributed by atoms with E-state index in [1.54, 1.807) is 6.20 Å². The number of nitrogens with zero attached hydrogens (tertiary/aromatic N) is 4. The lowest BCUT2D eigenvalue weighted by Gasteiger charge is -2.27. The summed E-state index contributed by atoms with van der Waals surface area (Å²) in [6.07, 6.45) is 7.18. The maximum absolute atomic E-state index is 9.88. The molecule has 8 heteroatoms. The number of pyridine rings is 1. The summed E-state index contributed by atoms with van der Waals surface area (Å²) in [5.41, 5.74) is 1.66. The lowest BCUT2D eigenvalue weighted by molar-refractivity contribution is -0.0992. The van der Waals surface area contributed by atoms with Crippen LogP contribution in [-0.2, 0) is 9.47 Å². The smallest absolute Gasteiger partial charge is 0.259 e. The molecule has 1 saturated heterocycles. The average molecular weight is 370 g/mol. The van der Waals surface area contributed by atoms with E-state index in [9.17, 15) is 5.11 Å². The van der Waals surface area contributed by atoms with Crippen molar-refractivity contribution in [2.45, 2.75) is 12.7 Å². The Morgan fingerprint density at radius 1 is 1.30 bits per heavy atom. The van der Waals surface area contributed by atoms with Gasteiger partial charge in [-0.1, -0.05) is 23.4 Å². The molecular weight excluding hydrogens is 348 g/mol. The van der Waals surface area contributed by atoms with Gasteiger partial charge in [0, 0.05) is 37.9 Å². The van der Waals surface area contributed by atoms with E-state index in [0.717, 1.165) is 43.3 Å². The van der Waals surface area contributed by atoms with Crippen molar-refractivity contribution < 1.29 is 19.1 Å². The quantitative estimate of drug-likeness (QED) is 0.798. The van der Waals surface area contributed by atoms with E-state index >= 15 is 0 Å². The molecule has 4 rings (SSSR count). The molecule has 1 fully saturated rings. The Balaban J connectivity index is 1.48. The molecule has 1 aliphatic carbocycles. The number of hydrogen-bond acceptors (Lipinski definition) is 8. The molecule has 2 unspecified atom stereocenters. The predicted molar refractivity (Wildman–Crippen MR) is 98.8 cm³/mol. The van der Waals surface area contributed by atoms with Crippen LogP contribution >= 0.6 is 0 Å². The number of aliphatic hydroxyl groups excluding tert-OH is 1. The number of morpholine rings is 1. The number of anilines is 1. The molecule has 0 saturated carbocycles. The van der Waals surface area contributed by atoms with Crippen molar-refractivity contribution >= 4 is 11.4 Å². The van der Waals surface area contributed by atoms with Gasteiger partial charge in [-0.05, 0) is 18.6 Å². The first kappa shape index (κ1) is 17.8. The van der Waals surface area contributed by atoms with Crippen molar-refractivity contribution in [1.82, 2.24) is 15.1 Å². The van der Waals surface area contributed by atoms with Crippen LogP contribution in [0.5, 0.6) is 0 Å². The highest BCUT2D eigenvalue weighted by Gasteiger charge is 2.23. The molecule has 2 aromatic heterocycles. The fourth-order valence-electron chi connectivity index (χ4n) is 3.20. The highest BCUT2D eigenvalue weighted by atomic mass is 16.6. The van der Waals surface area contributed by atoms with Crippen LogP contribution in [0.4, 0.5) is 5.82 Å². The van der Waals surface area contributed by atoms with Gasteiger partial charge in [0.2, 0.25) is 0 Å². The number of hydrogen-bond donors (Lipinski definition) is 1. The van der Waals surface area contributed by atoms with Gasteiger partial charge in [-0.2, -0.15) is 4.98 Å². The molecule has 3 heterocycles. The molecule has 0 spiro atoms. The Morgan fingerprint density at radius 2 is 2.15 bits per heavy atom. The zero-order chi connectivity index (χ0) is 18.6. The van der Waals surface area contributed by atoms with Crippen molar-refractivity contribution in [2.75, 3.05) is 38.3 Å². The number of allylic oxidation sites excluding steroid dienone is 3. The largest absolute Gasteiger partial charge is 0.378 e. The first-order valence-corrected chi connectivity index (χ1v) is 8.96. The SMILES string of the molecule is COC(O)C1C=CC=C(c2noc(-c3ccc(N4CCOCC4)nc3)n2)C1. The second-order valence-corrected chi connectivity index (χ2v) is 6.50. The van der Waals surface area contributed by atoms with Gasteiger partial charge in [0.15, 0.2) is 12.1 Å². The number of methoxy groups -OCH3 is 1. The summed E-state index contributed by atoms with van der Waals surface area (Å²) in [6.45, 7) is 3.12. The molecule has 0 bridgehead atoms. The maximum atomic E-state index is 9.88. The fourth-order valence-corrected chi connectivity index (χ4v) is 3.20. The van der Waals surface area contributed by atoms with Crippen LogP contribution in [0.1, 0.15) is 12.2 Å². The van der Waals surface area contributed by atoms with Gasteiger partial charge in [0.1, 0.15) is 5.82 Å². The van der Waals surface area contributed by atoms with E-state index in [1.165, 1.54) is 7.11 Å². The van der Waals surface area contributed by atoms with Gasteiger partial charge in [-0.3, -0.25) is 0 Å². The van der Waals surface area contributed by atoms with E-state index in [-0.39, 0.29) is 5.92 Å². The molecule has 2 aliphatic rings. The minimum atomic E-state index is -0.853. The first-order chi connectivity index (χ1) is 13.2. The van der Waals surface area contributed by atoms with Crippen LogP contribution in [-0.4, -0.2) is 59.9 Å². The zero-order valence-corrected chi connectivity index (χ0v) is 15.1. The predicted octanol–water partition coefficient (Wildman–Crippen LogP) is 1.89. The first-order valence-electron chi connectivity index (χ1n) is 8.96.